The van der Waals surface area contributed by atoms with E-state index in [1.807, 2.05) is 6.92 Å². The minimum absolute atomic E-state index is 0.0101. The number of hydrogen-bond donors (Lipinski definition) is 3. The van der Waals surface area contributed by atoms with Crippen LogP contribution in [0.4, 0.5) is 0 Å². The van der Waals surface area contributed by atoms with E-state index in [2.05, 4.69) is 15.3 Å². The highest BCUT2D eigenvalue weighted by Gasteiger charge is 2.34. The van der Waals surface area contributed by atoms with Crippen molar-refractivity contribution in [3.8, 4) is 0 Å². The number of fused-ring (bicyclic) bond motifs is 1. The van der Waals surface area contributed by atoms with Gasteiger partial charge in [-0.1, -0.05) is 6.92 Å². The monoisotopic (exact) mass is 310 g/mol. The van der Waals surface area contributed by atoms with E-state index in [1.54, 1.807) is 10.4 Å². The predicted molar refractivity (Wildman–Crippen MR) is 79.8 cm³/mol. The molecule has 0 unspecified atom stereocenters. The van der Waals surface area contributed by atoms with Gasteiger partial charge < -0.3 is 15.3 Å². The smallest absolute Gasteiger partial charge is 0.313 e. The summed E-state index contributed by atoms with van der Waals surface area (Å²) in [4.78, 5) is 16.7. The number of nitrogens with zero attached hydrogens (tertiary/aromatic N) is 1. The van der Waals surface area contributed by atoms with Gasteiger partial charge in [0.05, 0.1) is 22.0 Å². The average Bonchev–Trinajstić information content (AvgIpc) is 2.75. The lowest BCUT2D eigenvalue weighted by molar-refractivity contribution is 0.242. The summed E-state index contributed by atoms with van der Waals surface area (Å²) in [5, 5.41) is 3.10. The molecule has 7 nitrogen and oxygen atoms in total. The van der Waals surface area contributed by atoms with E-state index in [1.165, 1.54) is 12.1 Å². The molecule has 0 radical (unpaired) electrons. The fourth-order valence-corrected chi connectivity index (χ4v) is 4.25. The Morgan fingerprint density at radius 3 is 2.57 bits per heavy atom. The molecule has 0 atom stereocenters. The van der Waals surface area contributed by atoms with Crippen molar-refractivity contribution in [3.63, 3.8) is 0 Å². The number of rotatable bonds is 5. The number of benzene rings is 1. The molecule has 0 saturated carbocycles. The Morgan fingerprint density at radius 1 is 1.24 bits per heavy atom. The lowest BCUT2D eigenvalue weighted by atomic mass is 10.2. The zero-order chi connectivity index (χ0) is 15.0. The maximum absolute atomic E-state index is 12.8. The first-order valence-electron chi connectivity index (χ1n) is 6.97. The van der Waals surface area contributed by atoms with Crippen molar-refractivity contribution >= 4 is 21.1 Å². The van der Waals surface area contributed by atoms with Crippen LogP contribution in [-0.2, 0) is 10.0 Å². The van der Waals surface area contributed by atoms with Gasteiger partial charge in [-0.2, -0.15) is 4.31 Å². The van der Waals surface area contributed by atoms with Crippen molar-refractivity contribution in [2.45, 2.75) is 24.3 Å². The van der Waals surface area contributed by atoms with Crippen molar-refractivity contribution in [1.82, 2.24) is 19.6 Å². The van der Waals surface area contributed by atoms with E-state index in [9.17, 15) is 13.2 Å². The number of sulfonamides is 1. The van der Waals surface area contributed by atoms with E-state index in [0.29, 0.717) is 30.7 Å². The lowest BCUT2D eigenvalue weighted by Crippen LogP contribution is -2.58. The third-order valence-corrected chi connectivity index (χ3v) is 5.65. The van der Waals surface area contributed by atoms with Gasteiger partial charge in [-0.3, -0.25) is 0 Å². The summed E-state index contributed by atoms with van der Waals surface area (Å²) in [6.07, 6.45) is 0.763. The first kappa shape index (κ1) is 14.3. The Kier molecular flexibility index (Phi) is 3.60. The summed E-state index contributed by atoms with van der Waals surface area (Å²) in [6, 6.07) is 4.67. The molecule has 8 heteroatoms. The van der Waals surface area contributed by atoms with Gasteiger partial charge in [0, 0.05) is 19.6 Å². The average molecular weight is 310 g/mol. The van der Waals surface area contributed by atoms with Crippen LogP contribution in [0, 0.1) is 0 Å². The van der Waals surface area contributed by atoms with Crippen LogP contribution in [0.3, 0.4) is 0 Å². The summed E-state index contributed by atoms with van der Waals surface area (Å²) in [5.74, 6) is 0. The van der Waals surface area contributed by atoms with E-state index < -0.39 is 10.0 Å². The second-order valence-corrected chi connectivity index (χ2v) is 7.10. The minimum Gasteiger partial charge on any atom is -0.313 e. The number of aromatic amines is 2. The second-order valence-electron chi connectivity index (χ2n) is 5.21. The molecule has 1 aromatic carbocycles. The van der Waals surface area contributed by atoms with Gasteiger partial charge in [-0.05, 0) is 24.6 Å². The molecule has 114 valence electrons. The summed E-state index contributed by atoms with van der Waals surface area (Å²) >= 11 is 0. The predicted octanol–water partition coefficient (Wildman–Crippen LogP) is 0.229. The molecule has 3 rings (SSSR count). The molecule has 21 heavy (non-hydrogen) atoms. The van der Waals surface area contributed by atoms with Crippen molar-refractivity contribution in [2.75, 3.05) is 19.6 Å². The first-order valence-corrected chi connectivity index (χ1v) is 8.41. The fraction of sp³-hybridized carbons (Fsp3) is 0.462. The summed E-state index contributed by atoms with van der Waals surface area (Å²) in [6.45, 7) is 3.82. The Balaban J connectivity index is 2.02. The van der Waals surface area contributed by atoms with Crippen LogP contribution in [0.5, 0.6) is 0 Å². The molecule has 0 spiro atoms. The van der Waals surface area contributed by atoms with Gasteiger partial charge in [-0.25, -0.2) is 13.2 Å². The van der Waals surface area contributed by atoms with Crippen LogP contribution in [0.25, 0.3) is 11.0 Å². The normalized spacial score (nSPS) is 16.5. The standard InChI is InChI=1S/C13H18N4O3S/c1-2-5-17(9-7-14-8-9)21(19,20)10-3-4-11-12(6-10)16-13(18)15-11/h3-4,6,9,14H,2,5,7-8H2,1H3,(H2,15,16,18). The Labute approximate surface area is 122 Å². The van der Waals surface area contributed by atoms with Crippen LogP contribution in [0.15, 0.2) is 27.9 Å². The highest BCUT2D eigenvalue weighted by atomic mass is 32.2. The van der Waals surface area contributed by atoms with E-state index in [4.69, 9.17) is 0 Å². The molecule has 1 aliphatic rings. The number of imidazole rings is 1. The number of aromatic nitrogens is 2. The number of hydrogen-bond acceptors (Lipinski definition) is 4. The second kappa shape index (κ2) is 5.28. The topological polar surface area (TPSA) is 98.1 Å². The van der Waals surface area contributed by atoms with Gasteiger partial charge in [-0.15, -0.1) is 0 Å². The van der Waals surface area contributed by atoms with Gasteiger partial charge >= 0.3 is 5.69 Å². The van der Waals surface area contributed by atoms with Crippen LogP contribution in [-0.4, -0.2) is 48.4 Å². The number of nitrogens with one attached hydrogen (secondary N) is 3. The molecule has 1 saturated heterocycles. The maximum Gasteiger partial charge on any atom is 0.323 e. The van der Waals surface area contributed by atoms with Crippen LogP contribution in [0.2, 0.25) is 0 Å². The zero-order valence-corrected chi connectivity index (χ0v) is 12.5. The summed E-state index contributed by atoms with van der Waals surface area (Å²) < 4.78 is 27.2. The highest BCUT2D eigenvalue weighted by Crippen LogP contribution is 2.22. The molecule has 0 amide bonds. The molecule has 1 fully saturated rings. The molecule has 2 aromatic rings. The summed E-state index contributed by atoms with van der Waals surface area (Å²) in [5.41, 5.74) is 0.767. The lowest BCUT2D eigenvalue weighted by Gasteiger charge is -2.37. The SMILES string of the molecule is CCCN(C1CNC1)S(=O)(=O)c1ccc2[nH]c(=O)[nH]c2c1. The highest BCUT2D eigenvalue weighted by molar-refractivity contribution is 7.89. The van der Waals surface area contributed by atoms with Crippen LogP contribution < -0.4 is 11.0 Å². The van der Waals surface area contributed by atoms with Gasteiger partial charge in [0.15, 0.2) is 0 Å². The first-order chi connectivity index (χ1) is 10.0. The fourth-order valence-electron chi connectivity index (χ4n) is 2.50. The largest absolute Gasteiger partial charge is 0.323 e. The van der Waals surface area contributed by atoms with Crippen LogP contribution in [0.1, 0.15) is 13.3 Å². The van der Waals surface area contributed by atoms with Crippen molar-refractivity contribution in [2.24, 2.45) is 0 Å². The molecule has 1 aliphatic heterocycles. The quantitative estimate of drug-likeness (QED) is 0.736. The van der Waals surface area contributed by atoms with Crippen molar-refractivity contribution in [1.29, 1.82) is 0 Å². The molecule has 3 N–H and O–H groups in total. The van der Waals surface area contributed by atoms with Gasteiger partial charge in [0.1, 0.15) is 0 Å². The Hall–Kier alpha value is -1.64. The Morgan fingerprint density at radius 2 is 1.95 bits per heavy atom. The summed E-state index contributed by atoms with van der Waals surface area (Å²) in [7, 11) is -3.55. The molecule has 2 heterocycles. The van der Waals surface area contributed by atoms with E-state index in [-0.39, 0.29) is 16.6 Å². The van der Waals surface area contributed by atoms with Crippen molar-refractivity contribution in [3.05, 3.63) is 28.7 Å². The molecular weight excluding hydrogens is 292 g/mol. The molecular formula is C13H18N4O3S. The number of H-pyrrole nitrogens is 2. The molecule has 1 aromatic heterocycles. The third-order valence-electron chi connectivity index (χ3n) is 3.71. The minimum atomic E-state index is -3.55. The van der Waals surface area contributed by atoms with Crippen molar-refractivity contribution < 1.29 is 8.42 Å². The molecule has 0 bridgehead atoms. The molecule has 0 aliphatic carbocycles. The van der Waals surface area contributed by atoms with Crippen LogP contribution >= 0.6 is 0 Å². The maximum atomic E-state index is 12.8. The third kappa shape index (κ3) is 2.50. The Bertz CT molecular complexity index is 804. The zero-order valence-electron chi connectivity index (χ0n) is 11.7. The van der Waals surface area contributed by atoms with Gasteiger partial charge in [0.2, 0.25) is 10.0 Å². The van der Waals surface area contributed by atoms with E-state index >= 15 is 0 Å². The van der Waals surface area contributed by atoms with E-state index in [0.717, 1.165) is 6.42 Å². The van der Waals surface area contributed by atoms with Gasteiger partial charge in [0.25, 0.3) is 0 Å².